The van der Waals surface area contributed by atoms with Gasteiger partial charge in [-0.1, -0.05) is 0 Å². The highest BCUT2D eigenvalue weighted by molar-refractivity contribution is 6.09. The van der Waals surface area contributed by atoms with Crippen LogP contribution >= 0.6 is 0 Å². The minimum Gasteiger partial charge on any atom is -0.494 e. The first kappa shape index (κ1) is 14.7. The van der Waals surface area contributed by atoms with E-state index < -0.39 is 0 Å². The Kier molecular flexibility index (Phi) is 4.04. The molecular weight excluding hydrogens is 290 g/mol. The van der Waals surface area contributed by atoms with Gasteiger partial charge in [-0.15, -0.1) is 0 Å². The molecular formula is C18H23N3O2. The quantitative estimate of drug-likeness (QED) is 0.818. The van der Waals surface area contributed by atoms with Gasteiger partial charge in [0.25, 0.3) is 0 Å². The van der Waals surface area contributed by atoms with Gasteiger partial charge in [0.2, 0.25) is 5.91 Å². The molecule has 4 rings (SSSR count). The van der Waals surface area contributed by atoms with Crippen LogP contribution in [0.5, 0.6) is 5.75 Å². The summed E-state index contributed by atoms with van der Waals surface area (Å²) in [5, 5.41) is 4.22. The number of carbonyl (C=O) groups excluding carboxylic acids is 1. The summed E-state index contributed by atoms with van der Waals surface area (Å²) >= 11 is 0. The molecule has 1 N–H and O–H groups in total. The van der Waals surface area contributed by atoms with Crippen molar-refractivity contribution in [3.05, 3.63) is 29.8 Å². The van der Waals surface area contributed by atoms with E-state index in [1.807, 2.05) is 24.3 Å². The minimum absolute atomic E-state index is 0.0664. The number of carbonyl (C=O) groups is 1. The molecule has 5 heteroatoms. The fraction of sp³-hybridized carbons (Fsp3) is 0.556. The Morgan fingerprint density at radius 3 is 2.74 bits per heavy atom. The van der Waals surface area contributed by atoms with Gasteiger partial charge in [-0.05, 0) is 68.6 Å². The number of rotatable bonds is 6. The Balaban J connectivity index is 1.27. The van der Waals surface area contributed by atoms with Gasteiger partial charge in [0.15, 0.2) is 0 Å². The zero-order chi connectivity index (χ0) is 15.6. The molecule has 0 spiro atoms. The smallest absolute Gasteiger partial charge is 0.243 e. The number of nitrogens with zero attached hydrogens (tertiary/aromatic N) is 2. The van der Waals surface area contributed by atoms with Gasteiger partial charge in [-0.25, -0.2) is 5.43 Å². The molecule has 122 valence electrons. The first-order valence-corrected chi connectivity index (χ1v) is 8.64. The Morgan fingerprint density at radius 1 is 1.17 bits per heavy atom. The monoisotopic (exact) mass is 313 g/mol. The Morgan fingerprint density at radius 2 is 1.96 bits per heavy atom. The van der Waals surface area contributed by atoms with Crippen LogP contribution in [0.1, 0.15) is 31.2 Å². The number of likely N-dealkylation sites (tertiary alicyclic amines) is 1. The lowest BCUT2D eigenvalue weighted by atomic mass is 10.0. The van der Waals surface area contributed by atoms with Gasteiger partial charge >= 0.3 is 0 Å². The summed E-state index contributed by atoms with van der Waals surface area (Å²) < 4.78 is 5.83. The van der Waals surface area contributed by atoms with Crippen molar-refractivity contribution >= 4 is 11.6 Å². The maximum atomic E-state index is 11.5. The predicted octanol–water partition coefficient (Wildman–Crippen LogP) is 2.02. The number of amides is 1. The molecule has 23 heavy (non-hydrogen) atoms. The van der Waals surface area contributed by atoms with Gasteiger partial charge in [0.1, 0.15) is 5.75 Å². The van der Waals surface area contributed by atoms with Crippen molar-refractivity contribution in [3.8, 4) is 5.75 Å². The zero-order valence-electron chi connectivity index (χ0n) is 13.3. The molecule has 2 fully saturated rings. The standard InChI is InChI=1S/C18H23N3O2/c22-18-16-12-15(16)17(19-20-18)13-4-6-14(7-5-13)23-11-3-10-21-8-1-2-9-21/h4-7,15-16H,1-3,8-12H2,(H,20,22). The Bertz CT molecular complexity index is 605. The Labute approximate surface area is 136 Å². The second kappa shape index (κ2) is 6.32. The van der Waals surface area contributed by atoms with Crippen LogP contribution in [-0.2, 0) is 4.79 Å². The van der Waals surface area contributed by atoms with Crippen LogP contribution in [0.25, 0.3) is 0 Å². The highest BCUT2D eigenvalue weighted by atomic mass is 16.5. The van der Waals surface area contributed by atoms with Gasteiger partial charge in [-0.3, -0.25) is 4.79 Å². The summed E-state index contributed by atoms with van der Waals surface area (Å²) in [7, 11) is 0. The average molecular weight is 313 g/mol. The number of ether oxygens (including phenoxy) is 1. The maximum absolute atomic E-state index is 11.5. The highest BCUT2D eigenvalue weighted by Crippen LogP contribution is 2.43. The van der Waals surface area contributed by atoms with E-state index in [1.54, 1.807) is 0 Å². The summed E-state index contributed by atoms with van der Waals surface area (Å²) in [6.07, 6.45) is 4.69. The first-order valence-electron chi connectivity index (χ1n) is 8.64. The molecule has 1 aromatic carbocycles. The van der Waals surface area contributed by atoms with E-state index in [0.717, 1.165) is 43.0 Å². The van der Waals surface area contributed by atoms with E-state index in [2.05, 4.69) is 15.4 Å². The normalized spacial score (nSPS) is 26.4. The number of hydrogen-bond donors (Lipinski definition) is 1. The van der Waals surface area contributed by atoms with Crippen molar-refractivity contribution in [2.24, 2.45) is 16.9 Å². The molecule has 2 heterocycles. The van der Waals surface area contributed by atoms with E-state index in [-0.39, 0.29) is 11.8 Å². The zero-order valence-corrected chi connectivity index (χ0v) is 13.3. The van der Waals surface area contributed by atoms with Crippen molar-refractivity contribution < 1.29 is 9.53 Å². The topological polar surface area (TPSA) is 53.9 Å². The lowest BCUT2D eigenvalue weighted by Gasteiger charge is -2.15. The fourth-order valence-corrected chi connectivity index (χ4v) is 3.55. The summed E-state index contributed by atoms with van der Waals surface area (Å²) in [5.74, 6) is 1.43. The molecule has 1 saturated heterocycles. The maximum Gasteiger partial charge on any atom is 0.243 e. The van der Waals surface area contributed by atoms with E-state index in [4.69, 9.17) is 4.74 Å². The summed E-state index contributed by atoms with van der Waals surface area (Å²) in [6, 6.07) is 8.09. The van der Waals surface area contributed by atoms with Crippen molar-refractivity contribution in [2.75, 3.05) is 26.2 Å². The molecule has 5 nitrogen and oxygen atoms in total. The molecule has 2 aliphatic heterocycles. The third kappa shape index (κ3) is 3.24. The molecule has 0 aromatic heterocycles. The third-order valence-corrected chi connectivity index (χ3v) is 5.00. The van der Waals surface area contributed by atoms with Crippen LogP contribution in [-0.4, -0.2) is 42.8 Å². The van der Waals surface area contributed by atoms with Crippen molar-refractivity contribution in [1.29, 1.82) is 0 Å². The van der Waals surface area contributed by atoms with Crippen LogP contribution < -0.4 is 10.2 Å². The first-order chi connectivity index (χ1) is 11.3. The second-order valence-corrected chi connectivity index (χ2v) is 6.70. The Hall–Kier alpha value is -1.88. The third-order valence-electron chi connectivity index (χ3n) is 5.00. The number of benzene rings is 1. The largest absolute Gasteiger partial charge is 0.494 e. The van der Waals surface area contributed by atoms with Crippen molar-refractivity contribution in [2.45, 2.75) is 25.7 Å². The molecule has 1 saturated carbocycles. The average Bonchev–Trinajstić information content (AvgIpc) is 3.22. The van der Waals surface area contributed by atoms with E-state index >= 15 is 0 Å². The van der Waals surface area contributed by atoms with Crippen LogP contribution in [0.4, 0.5) is 0 Å². The molecule has 1 amide bonds. The molecule has 0 bridgehead atoms. The lowest BCUT2D eigenvalue weighted by molar-refractivity contribution is -0.122. The molecule has 2 atom stereocenters. The number of hydrogen-bond acceptors (Lipinski definition) is 4. The summed E-state index contributed by atoms with van der Waals surface area (Å²) in [5.41, 5.74) is 4.71. The minimum atomic E-state index is 0.0664. The van der Waals surface area contributed by atoms with Gasteiger partial charge in [0, 0.05) is 18.4 Å². The van der Waals surface area contributed by atoms with E-state index in [9.17, 15) is 4.79 Å². The van der Waals surface area contributed by atoms with E-state index in [0.29, 0.717) is 5.92 Å². The second-order valence-electron chi connectivity index (χ2n) is 6.70. The van der Waals surface area contributed by atoms with Gasteiger partial charge in [-0.2, -0.15) is 5.10 Å². The van der Waals surface area contributed by atoms with Crippen molar-refractivity contribution in [1.82, 2.24) is 10.3 Å². The number of nitrogens with one attached hydrogen (secondary N) is 1. The predicted molar refractivity (Wildman–Crippen MR) is 88.5 cm³/mol. The van der Waals surface area contributed by atoms with Crippen LogP contribution in [0.2, 0.25) is 0 Å². The number of fused-ring (bicyclic) bond motifs is 1. The lowest BCUT2D eigenvalue weighted by Crippen LogP contribution is -2.28. The van der Waals surface area contributed by atoms with Crippen LogP contribution in [0.3, 0.4) is 0 Å². The molecule has 3 aliphatic rings. The molecule has 2 unspecified atom stereocenters. The van der Waals surface area contributed by atoms with Crippen LogP contribution in [0.15, 0.2) is 29.4 Å². The summed E-state index contributed by atoms with van der Waals surface area (Å²) in [4.78, 5) is 14.0. The van der Waals surface area contributed by atoms with Gasteiger partial charge < -0.3 is 9.64 Å². The fourth-order valence-electron chi connectivity index (χ4n) is 3.55. The summed E-state index contributed by atoms with van der Waals surface area (Å²) in [6.45, 7) is 4.39. The molecule has 1 aliphatic carbocycles. The molecule has 0 radical (unpaired) electrons. The highest BCUT2D eigenvalue weighted by Gasteiger charge is 2.49. The van der Waals surface area contributed by atoms with Gasteiger partial charge in [0.05, 0.1) is 12.3 Å². The van der Waals surface area contributed by atoms with Crippen molar-refractivity contribution in [3.63, 3.8) is 0 Å². The SMILES string of the molecule is O=C1NN=C(c2ccc(OCCCN3CCCC3)cc2)C2CC12. The molecule has 1 aromatic rings. The van der Waals surface area contributed by atoms with Crippen LogP contribution in [0, 0.1) is 11.8 Å². The number of hydrazone groups is 1. The van der Waals surface area contributed by atoms with E-state index in [1.165, 1.54) is 25.9 Å².